The third-order valence-electron chi connectivity index (χ3n) is 2.87. The summed E-state index contributed by atoms with van der Waals surface area (Å²) in [7, 11) is 0. The number of nitrogens with zero attached hydrogens (tertiary/aromatic N) is 1. The molecular weight excluding hydrogens is 256 g/mol. The lowest BCUT2D eigenvalue weighted by atomic mass is 10.1. The average Bonchev–Trinajstić information content (AvgIpc) is 2.75. The topological polar surface area (TPSA) is 63.3 Å². The standard InChI is InChI=1S/C13H7F2NO3/c14-12(15)10-11-8(3-4-16-10)7-2-1-6(13(17)18)5-9(7)19-11/h1-5,12H,(H,17,18). The number of carboxylic acid groups (broad SMARTS) is 1. The van der Waals surface area contributed by atoms with Crippen molar-refractivity contribution in [2.45, 2.75) is 6.43 Å². The van der Waals surface area contributed by atoms with E-state index in [1.165, 1.54) is 18.3 Å². The molecule has 3 rings (SSSR count). The van der Waals surface area contributed by atoms with Crippen LogP contribution in [0.4, 0.5) is 8.78 Å². The van der Waals surface area contributed by atoms with Gasteiger partial charge in [0.15, 0.2) is 5.58 Å². The van der Waals surface area contributed by atoms with Gasteiger partial charge >= 0.3 is 5.97 Å². The smallest absolute Gasteiger partial charge is 0.335 e. The maximum atomic E-state index is 12.8. The highest BCUT2D eigenvalue weighted by molar-refractivity contribution is 6.07. The largest absolute Gasteiger partial charge is 0.478 e. The maximum Gasteiger partial charge on any atom is 0.335 e. The third kappa shape index (κ3) is 1.72. The minimum Gasteiger partial charge on any atom is -0.478 e. The van der Waals surface area contributed by atoms with Crippen LogP contribution in [0.5, 0.6) is 0 Å². The van der Waals surface area contributed by atoms with E-state index in [0.717, 1.165) is 0 Å². The van der Waals surface area contributed by atoms with Gasteiger partial charge < -0.3 is 9.52 Å². The van der Waals surface area contributed by atoms with Gasteiger partial charge in [-0.2, -0.15) is 0 Å². The fourth-order valence-corrected chi connectivity index (χ4v) is 2.01. The first kappa shape index (κ1) is 11.6. The number of carbonyl (C=O) groups is 1. The molecular formula is C13H7F2NO3. The van der Waals surface area contributed by atoms with Crippen molar-refractivity contribution >= 4 is 27.9 Å². The molecule has 1 aromatic carbocycles. The number of aromatic carboxylic acids is 1. The van der Waals surface area contributed by atoms with Crippen molar-refractivity contribution in [1.82, 2.24) is 4.98 Å². The van der Waals surface area contributed by atoms with E-state index in [2.05, 4.69) is 4.98 Å². The lowest BCUT2D eigenvalue weighted by molar-refractivity contribution is 0.0697. The van der Waals surface area contributed by atoms with Crippen LogP contribution in [0.1, 0.15) is 22.5 Å². The molecule has 0 amide bonds. The van der Waals surface area contributed by atoms with Crippen molar-refractivity contribution in [3.63, 3.8) is 0 Å². The van der Waals surface area contributed by atoms with Crippen LogP contribution in [0, 0.1) is 0 Å². The minimum atomic E-state index is -2.75. The molecule has 4 nitrogen and oxygen atoms in total. The third-order valence-corrected chi connectivity index (χ3v) is 2.87. The van der Waals surface area contributed by atoms with Crippen LogP contribution < -0.4 is 0 Å². The number of aromatic nitrogens is 1. The summed E-state index contributed by atoms with van der Waals surface area (Å²) in [4.78, 5) is 14.5. The van der Waals surface area contributed by atoms with E-state index in [1.807, 2.05) is 0 Å². The Hall–Kier alpha value is -2.50. The molecule has 3 aromatic rings. The van der Waals surface area contributed by atoms with Gasteiger partial charge in [0.1, 0.15) is 11.3 Å². The second-order valence-corrected chi connectivity index (χ2v) is 3.99. The van der Waals surface area contributed by atoms with Crippen LogP contribution in [0.2, 0.25) is 0 Å². The predicted molar refractivity (Wildman–Crippen MR) is 63.4 cm³/mol. The zero-order valence-corrected chi connectivity index (χ0v) is 9.43. The molecule has 0 radical (unpaired) electrons. The summed E-state index contributed by atoms with van der Waals surface area (Å²) >= 11 is 0. The Bertz CT molecular complexity index is 795. The maximum absolute atomic E-state index is 12.8. The summed E-state index contributed by atoms with van der Waals surface area (Å²) in [5.74, 6) is -1.10. The molecule has 0 spiro atoms. The molecule has 96 valence electrons. The molecule has 2 aromatic heterocycles. The monoisotopic (exact) mass is 263 g/mol. The Kier molecular flexibility index (Phi) is 2.45. The van der Waals surface area contributed by atoms with Crippen molar-refractivity contribution < 1.29 is 23.1 Å². The summed E-state index contributed by atoms with van der Waals surface area (Å²) in [6.45, 7) is 0. The van der Waals surface area contributed by atoms with Gasteiger partial charge in [-0.1, -0.05) is 0 Å². The lowest BCUT2D eigenvalue weighted by Gasteiger charge is -1.97. The number of alkyl halides is 2. The molecule has 0 unspecified atom stereocenters. The average molecular weight is 263 g/mol. The van der Waals surface area contributed by atoms with E-state index in [0.29, 0.717) is 10.8 Å². The molecule has 0 aliphatic heterocycles. The molecule has 0 aliphatic rings. The van der Waals surface area contributed by atoms with Crippen LogP contribution in [-0.2, 0) is 0 Å². The van der Waals surface area contributed by atoms with E-state index in [1.54, 1.807) is 12.1 Å². The molecule has 1 N–H and O–H groups in total. The van der Waals surface area contributed by atoms with E-state index in [-0.39, 0.29) is 16.7 Å². The number of fused-ring (bicyclic) bond motifs is 3. The summed E-state index contributed by atoms with van der Waals surface area (Å²) in [6, 6.07) is 5.82. The summed E-state index contributed by atoms with van der Waals surface area (Å²) in [5, 5.41) is 9.97. The molecule has 19 heavy (non-hydrogen) atoms. The molecule has 0 saturated carbocycles. The first-order valence-electron chi connectivity index (χ1n) is 5.40. The van der Waals surface area contributed by atoms with E-state index < -0.39 is 18.1 Å². The Labute approximate surface area is 105 Å². The van der Waals surface area contributed by atoms with Crippen LogP contribution >= 0.6 is 0 Å². The Morgan fingerprint density at radius 3 is 2.74 bits per heavy atom. The normalized spacial score (nSPS) is 11.5. The summed E-state index contributed by atoms with van der Waals surface area (Å²) < 4.78 is 31.0. The summed E-state index contributed by atoms with van der Waals surface area (Å²) in [5.41, 5.74) is -0.150. The van der Waals surface area contributed by atoms with Crippen molar-refractivity contribution in [1.29, 1.82) is 0 Å². The minimum absolute atomic E-state index is 0.00459. The second-order valence-electron chi connectivity index (χ2n) is 3.99. The van der Waals surface area contributed by atoms with Crippen molar-refractivity contribution in [2.75, 3.05) is 0 Å². The SMILES string of the molecule is O=C(O)c1ccc2c(c1)oc1c(C(F)F)nccc12. The van der Waals surface area contributed by atoms with Gasteiger partial charge in [0.25, 0.3) is 6.43 Å². The molecule has 0 saturated heterocycles. The zero-order chi connectivity index (χ0) is 13.6. The fraction of sp³-hybridized carbons (Fsp3) is 0.0769. The van der Waals surface area contributed by atoms with E-state index in [9.17, 15) is 13.6 Å². The number of halogens is 2. The highest BCUT2D eigenvalue weighted by Crippen LogP contribution is 2.33. The first-order valence-corrected chi connectivity index (χ1v) is 5.40. The molecule has 0 bridgehead atoms. The number of pyridine rings is 1. The number of furan rings is 1. The van der Waals surface area contributed by atoms with Gasteiger partial charge in [-0.3, -0.25) is 4.98 Å². The highest BCUT2D eigenvalue weighted by Gasteiger charge is 2.19. The fourth-order valence-electron chi connectivity index (χ4n) is 2.01. The molecule has 0 fully saturated rings. The van der Waals surface area contributed by atoms with Crippen molar-refractivity contribution in [2.24, 2.45) is 0 Å². The first-order chi connectivity index (χ1) is 9.08. The van der Waals surface area contributed by atoms with Crippen molar-refractivity contribution in [3.05, 3.63) is 41.7 Å². The molecule has 0 atom stereocenters. The van der Waals surface area contributed by atoms with Crippen LogP contribution in [0.3, 0.4) is 0 Å². The number of benzene rings is 1. The quantitative estimate of drug-likeness (QED) is 0.767. The Morgan fingerprint density at radius 2 is 2.05 bits per heavy atom. The molecule has 2 heterocycles. The van der Waals surface area contributed by atoms with Gasteiger partial charge in [-0.25, -0.2) is 13.6 Å². The number of carboxylic acids is 1. The van der Waals surface area contributed by atoms with Gasteiger partial charge in [-0.15, -0.1) is 0 Å². The van der Waals surface area contributed by atoms with Crippen LogP contribution in [0.25, 0.3) is 21.9 Å². The van der Waals surface area contributed by atoms with Crippen LogP contribution in [-0.4, -0.2) is 16.1 Å². The Balaban J connectivity index is 2.38. The van der Waals surface area contributed by atoms with E-state index in [4.69, 9.17) is 9.52 Å². The van der Waals surface area contributed by atoms with Gasteiger partial charge in [0.05, 0.1) is 5.56 Å². The predicted octanol–water partition coefficient (Wildman–Crippen LogP) is 3.62. The van der Waals surface area contributed by atoms with E-state index >= 15 is 0 Å². The van der Waals surface area contributed by atoms with Crippen LogP contribution in [0.15, 0.2) is 34.9 Å². The zero-order valence-electron chi connectivity index (χ0n) is 9.43. The van der Waals surface area contributed by atoms with Crippen molar-refractivity contribution in [3.8, 4) is 0 Å². The van der Waals surface area contributed by atoms with Gasteiger partial charge in [-0.05, 0) is 24.3 Å². The van der Waals surface area contributed by atoms with Gasteiger partial charge in [0, 0.05) is 17.0 Å². The molecule has 6 heteroatoms. The number of hydrogen-bond acceptors (Lipinski definition) is 3. The second kappa shape index (κ2) is 4.01. The number of rotatable bonds is 2. The molecule has 0 aliphatic carbocycles. The Morgan fingerprint density at radius 1 is 1.26 bits per heavy atom. The number of hydrogen-bond donors (Lipinski definition) is 1. The van der Waals surface area contributed by atoms with Gasteiger partial charge in [0.2, 0.25) is 0 Å². The lowest BCUT2D eigenvalue weighted by Crippen LogP contribution is -1.94. The summed E-state index contributed by atoms with van der Waals surface area (Å²) in [6.07, 6.45) is -1.47. The highest BCUT2D eigenvalue weighted by atomic mass is 19.3.